The summed E-state index contributed by atoms with van der Waals surface area (Å²) in [6.07, 6.45) is 2.03. The highest BCUT2D eigenvalue weighted by atomic mass is 16.1. The van der Waals surface area contributed by atoms with Crippen LogP contribution in [0.15, 0.2) is 30.3 Å². The quantitative estimate of drug-likeness (QED) is 0.796. The molecule has 0 aliphatic carbocycles. The number of carbonyl (C=O) groups excluding carboxylic acids is 1. The number of hydrogen-bond acceptors (Lipinski definition) is 5. The van der Waals surface area contributed by atoms with E-state index in [2.05, 4.69) is 63.2 Å². The van der Waals surface area contributed by atoms with Gasteiger partial charge in [0.15, 0.2) is 0 Å². The molecule has 2 aromatic rings. The van der Waals surface area contributed by atoms with E-state index in [1.807, 2.05) is 6.92 Å². The minimum absolute atomic E-state index is 0.117. The fourth-order valence-corrected chi connectivity index (χ4v) is 3.27. The van der Waals surface area contributed by atoms with Gasteiger partial charge in [0.05, 0.1) is 0 Å². The molecule has 1 aliphatic rings. The first-order chi connectivity index (χ1) is 13.1. The van der Waals surface area contributed by atoms with Gasteiger partial charge in [0.25, 0.3) is 5.91 Å². The molecule has 1 aliphatic heterocycles. The highest BCUT2D eigenvalue weighted by molar-refractivity contribution is 5.92. The summed E-state index contributed by atoms with van der Waals surface area (Å²) < 4.78 is 0. The SMILES string of the molecule is CCCCNC(=O)c1cc(C)nc(N2CCN(c3cccc(C)c3)CC2)n1. The van der Waals surface area contributed by atoms with Gasteiger partial charge in [0.1, 0.15) is 5.69 Å². The van der Waals surface area contributed by atoms with Crippen LogP contribution in [-0.4, -0.2) is 48.6 Å². The van der Waals surface area contributed by atoms with Crippen molar-refractivity contribution < 1.29 is 4.79 Å². The van der Waals surface area contributed by atoms with Crippen LogP contribution in [-0.2, 0) is 0 Å². The lowest BCUT2D eigenvalue weighted by Gasteiger charge is -2.36. The van der Waals surface area contributed by atoms with E-state index in [1.165, 1.54) is 11.3 Å². The van der Waals surface area contributed by atoms with Gasteiger partial charge < -0.3 is 15.1 Å². The maximum atomic E-state index is 12.3. The third-order valence-corrected chi connectivity index (χ3v) is 4.82. The molecule has 0 bridgehead atoms. The number of anilines is 2. The maximum absolute atomic E-state index is 12.3. The topological polar surface area (TPSA) is 61.4 Å². The summed E-state index contributed by atoms with van der Waals surface area (Å²) >= 11 is 0. The molecule has 2 heterocycles. The Hall–Kier alpha value is -2.63. The predicted octanol–water partition coefficient (Wildman–Crippen LogP) is 2.95. The fourth-order valence-electron chi connectivity index (χ4n) is 3.27. The third kappa shape index (κ3) is 4.96. The molecular weight excluding hydrogens is 338 g/mol. The molecule has 0 spiro atoms. The Balaban J connectivity index is 1.66. The van der Waals surface area contributed by atoms with Gasteiger partial charge in [0.2, 0.25) is 5.95 Å². The van der Waals surface area contributed by atoms with Crippen molar-refractivity contribution in [2.24, 2.45) is 0 Å². The molecule has 3 rings (SSSR count). The number of nitrogens with zero attached hydrogens (tertiary/aromatic N) is 4. The lowest BCUT2D eigenvalue weighted by molar-refractivity contribution is 0.0948. The summed E-state index contributed by atoms with van der Waals surface area (Å²) in [5.74, 6) is 0.535. The standard InChI is InChI=1S/C21H29N5O/c1-4-5-9-22-20(27)19-15-17(3)23-21(24-19)26-12-10-25(11-13-26)18-8-6-7-16(2)14-18/h6-8,14-15H,4-5,9-13H2,1-3H3,(H,22,27). The van der Waals surface area contributed by atoms with E-state index in [4.69, 9.17) is 0 Å². The Kier molecular flexibility index (Phi) is 6.27. The monoisotopic (exact) mass is 367 g/mol. The maximum Gasteiger partial charge on any atom is 0.270 e. The number of nitrogens with one attached hydrogen (secondary N) is 1. The molecule has 1 amide bonds. The van der Waals surface area contributed by atoms with E-state index in [9.17, 15) is 4.79 Å². The molecule has 144 valence electrons. The zero-order valence-corrected chi connectivity index (χ0v) is 16.5. The van der Waals surface area contributed by atoms with Gasteiger partial charge >= 0.3 is 0 Å². The average molecular weight is 367 g/mol. The van der Waals surface area contributed by atoms with E-state index in [0.29, 0.717) is 18.2 Å². The zero-order chi connectivity index (χ0) is 19.2. The zero-order valence-electron chi connectivity index (χ0n) is 16.5. The second-order valence-corrected chi connectivity index (χ2v) is 7.12. The van der Waals surface area contributed by atoms with Crippen LogP contribution in [0.25, 0.3) is 0 Å². The smallest absolute Gasteiger partial charge is 0.270 e. The van der Waals surface area contributed by atoms with Crippen LogP contribution in [0, 0.1) is 13.8 Å². The van der Waals surface area contributed by atoms with E-state index >= 15 is 0 Å². The van der Waals surface area contributed by atoms with Gasteiger partial charge in [0, 0.05) is 44.1 Å². The first kappa shape index (κ1) is 19.1. The van der Waals surface area contributed by atoms with Gasteiger partial charge in [-0.25, -0.2) is 9.97 Å². The largest absolute Gasteiger partial charge is 0.368 e. The molecular formula is C21H29N5O. The molecule has 0 saturated carbocycles. The van der Waals surface area contributed by atoms with Crippen molar-refractivity contribution in [2.75, 3.05) is 42.5 Å². The first-order valence-electron chi connectivity index (χ1n) is 9.77. The van der Waals surface area contributed by atoms with Gasteiger partial charge in [-0.2, -0.15) is 0 Å². The van der Waals surface area contributed by atoms with Crippen molar-refractivity contribution in [1.29, 1.82) is 0 Å². The van der Waals surface area contributed by atoms with E-state index < -0.39 is 0 Å². The van der Waals surface area contributed by atoms with Crippen molar-refractivity contribution in [3.63, 3.8) is 0 Å². The number of rotatable bonds is 6. The van der Waals surface area contributed by atoms with Crippen LogP contribution in [0.3, 0.4) is 0 Å². The molecule has 1 aromatic heterocycles. The number of benzene rings is 1. The second-order valence-electron chi connectivity index (χ2n) is 7.12. The summed E-state index contributed by atoms with van der Waals surface area (Å²) in [7, 11) is 0. The summed E-state index contributed by atoms with van der Waals surface area (Å²) in [4.78, 5) is 26.0. The van der Waals surface area contributed by atoms with Gasteiger partial charge in [-0.15, -0.1) is 0 Å². The second kappa shape index (κ2) is 8.84. The van der Waals surface area contributed by atoms with Crippen LogP contribution < -0.4 is 15.1 Å². The fraction of sp³-hybridized carbons (Fsp3) is 0.476. The van der Waals surface area contributed by atoms with Crippen molar-refractivity contribution in [3.8, 4) is 0 Å². The predicted molar refractivity (Wildman–Crippen MR) is 110 cm³/mol. The lowest BCUT2D eigenvalue weighted by atomic mass is 10.2. The van der Waals surface area contributed by atoms with Crippen LogP contribution in [0.5, 0.6) is 0 Å². The Bertz CT molecular complexity index is 784. The molecule has 1 aromatic carbocycles. The van der Waals surface area contributed by atoms with Crippen LogP contribution in [0.2, 0.25) is 0 Å². The summed E-state index contributed by atoms with van der Waals surface area (Å²) in [5, 5.41) is 2.94. The van der Waals surface area contributed by atoms with Crippen molar-refractivity contribution >= 4 is 17.5 Å². The normalized spacial score (nSPS) is 14.3. The highest BCUT2D eigenvalue weighted by Crippen LogP contribution is 2.20. The Labute approximate surface area is 161 Å². The number of hydrogen-bond donors (Lipinski definition) is 1. The molecule has 1 N–H and O–H groups in total. The van der Waals surface area contributed by atoms with E-state index in [-0.39, 0.29) is 5.91 Å². The summed E-state index contributed by atoms with van der Waals surface area (Å²) in [6.45, 7) is 10.3. The molecule has 1 saturated heterocycles. The van der Waals surface area contributed by atoms with Gasteiger partial charge in [-0.05, 0) is 44.0 Å². The Morgan fingerprint density at radius 1 is 1.07 bits per heavy atom. The molecule has 6 heteroatoms. The van der Waals surface area contributed by atoms with Crippen molar-refractivity contribution in [3.05, 3.63) is 47.3 Å². The summed E-state index contributed by atoms with van der Waals surface area (Å²) in [6, 6.07) is 10.4. The Morgan fingerprint density at radius 3 is 2.52 bits per heavy atom. The molecule has 1 fully saturated rings. The van der Waals surface area contributed by atoms with Crippen molar-refractivity contribution in [2.45, 2.75) is 33.6 Å². The van der Waals surface area contributed by atoms with Gasteiger partial charge in [-0.3, -0.25) is 4.79 Å². The number of unbranched alkanes of at least 4 members (excludes halogenated alkanes) is 1. The first-order valence-corrected chi connectivity index (χ1v) is 9.77. The molecule has 0 radical (unpaired) electrons. The number of piperazine rings is 1. The summed E-state index contributed by atoms with van der Waals surface area (Å²) in [5.41, 5.74) is 3.81. The third-order valence-electron chi connectivity index (χ3n) is 4.82. The average Bonchev–Trinajstić information content (AvgIpc) is 2.68. The van der Waals surface area contributed by atoms with E-state index in [0.717, 1.165) is 44.7 Å². The number of aryl methyl sites for hydroxylation is 2. The Morgan fingerprint density at radius 2 is 1.81 bits per heavy atom. The number of amides is 1. The number of carbonyl (C=O) groups is 1. The van der Waals surface area contributed by atoms with Gasteiger partial charge in [-0.1, -0.05) is 25.5 Å². The van der Waals surface area contributed by atoms with Crippen molar-refractivity contribution in [1.82, 2.24) is 15.3 Å². The van der Waals surface area contributed by atoms with Crippen LogP contribution in [0.4, 0.5) is 11.6 Å². The minimum Gasteiger partial charge on any atom is -0.368 e. The van der Waals surface area contributed by atoms with Crippen LogP contribution >= 0.6 is 0 Å². The molecule has 0 atom stereocenters. The van der Waals surface area contributed by atoms with Crippen LogP contribution in [0.1, 0.15) is 41.5 Å². The highest BCUT2D eigenvalue weighted by Gasteiger charge is 2.21. The number of aromatic nitrogens is 2. The lowest BCUT2D eigenvalue weighted by Crippen LogP contribution is -2.47. The minimum atomic E-state index is -0.117. The molecule has 0 unspecified atom stereocenters. The molecule has 6 nitrogen and oxygen atoms in total. The van der Waals surface area contributed by atoms with E-state index in [1.54, 1.807) is 6.07 Å². The molecule has 27 heavy (non-hydrogen) atoms.